The average Bonchev–Trinajstić information content (AvgIpc) is 2.18. The zero-order chi connectivity index (χ0) is 12.0. The second kappa shape index (κ2) is 4.01. The van der Waals surface area contributed by atoms with Crippen molar-refractivity contribution in [2.45, 2.75) is 49.5 Å². The Labute approximate surface area is 109 Å². The van der Waals surface area contributed by atoms with Gasteiger partial charge in [0.2, 0.25) is 0 Å². The molecule has 0 saturated heterocycles. The summed E-state index contributed by atoms with van der Waals surface area (Å²) >= 11 is 2.45. The molecule has 0 amide bonds. The molecular weight excluding hydrogens is 205 g/mol. The van der Waals surface area contributed by atoms with E-state index in [-0.39, 0.29) is 0 Å². The summed E-state index contributed by atoms with van der Waals surface area (Å²) in [7, 11) is -1.22. The second-order valence-electron chi connectivity index (χ2n) is 6.39. The zero-order valence-electron chi connectivity index (χ0n) is 11.2. The van der Waals surface area contributed by atoms with Crippen LogP contribution in [-0.2, 0) is 10.1 Å². The summed E-state index contributed by atoms with van der Waals surface area (Å²) in [6.07, 6.45) is 5.89. The third-order valence-corrected chi connectivity index (χ3v) is 8.37. The molecule has 0 aromatic carbocycles. The number of nitrogens with zero attached hydrogens (tertiary/aromatic N) is 1. The van der Waals surface area contributed by atoms with Crippen LogP contribution in [0, 0.1) is 6.92 Å². The molecule has 3 heteroatoms. The Morgan fingerprint density at radius 1 is 1.38 bits per heavy atom. The minimum absolute atomic E-state index is 0.368. The van der Waals surface area contributed by atoms with Crippen molar-refractivity contribution >= 4 is 25.8 Å². The van der Waals surface area contributed by atoms with Crippen molar-refractivity contribution in [3.63, 3.8) is 0 Å². The Morgan fingerprint density at radius 2 is 2.06 bits per heavy atom. The molecule has 82 valence electrons. The molecule has 0 bridgehead atoms. The standard InChI is InChI=1S/C13H20NSi.Li/c1-10-8-9-14-13-11(10)6-5-7-12(13)15(2,3)4;/h8-9H,5-7H2,1-4H3;. The fourth-order valence-electron chi connectivity index (χ4n) is 2.85. The topological polar surface area (TPSA) is 12.9 Å². The van der Waals surface area contributed by atoms with Crippen LogP contribution in [0.3, 0.4) is 0 Å². The Hall–Kier alpha value is -0.0357. The van der Waals surface area contributed by atoms with E-state index in [1.54, 1.807) is 5.56 Å². The summed E-state index contributed by atoms with van der Waals surface area (Å²) in [4.78, 5) is 4.73. The quantitative estimate of drug-likeness (QED) is 0.670. The predicted molar refractivity (Wildman–Crippen MR) is 72.7 cm³/mol. The molecule has 0 saturated carbocycles. The molecule has 0 aliphatic heterocycles. The van der Waals surface area contributed by atoms with Crippen molar-refractivity contribution < 1.29 is 0 Å². The van der Waals surface area contributed by atoms with Crippen molar-refractivity contribution in [3.05, 3.63) is 29.1 Å². The van der Waals surface area contributed by atoms with Crippen LogP contribution in [0.1, 0.15) is 29.7 Å². The zero-order valence-corrected chi connectivity index (χ0v) is 12.2. The van der Waals surface area contributed by atoms with Crippen LogP contribution in [0.5, 0.6) is 0 Å². The van der Waals surface area contributed by atoms with E-state index in [0.29, 0.717) is 3.71 Å². The van der Waals surface area contributed by atoms with E-state index in [1.165, 1.54) is 30.5 Å². The summed E-state index contributed by atoms with van der Waals surface area (Å²) < 4.78 is 0.368. The van der Waals surface area contributed by atoms with E-state index >= 15 is 0 Å². The monoisotopic (exact) mass is 225 g/mol. The van der Waals surface area contributed by atoms with E-state index in [9.17, 15) is 0 Å². The van der Waals surface area contributed by atoms with Gasteiger partial charge < -0.3 is 0 Å². The summed E-state index contributed by atoms with van der Waals surface area (Å²) in [5, 5.41) is 0. The maximum atomic E-state index is 4.73. The predicted octanol–water partition coefficient (Wildman–Crippen LogP) is 2.97. The molecule has 0 fully saturated rings. The Bertz CT molecular complexity index is 411. The van der Waals surface area contributed by atoms with Gasteiger partial charge in [-0.1, -0.05) is 0 Å². The van der Waals surface area contributed by atoms with Crippen molar-refractivity contribution in [3.8, 4) is 0 Å². The number of hydrogen-bond donors (Lipinski definition) is 0. The normalized spacial score (nSPS) is 25.4. The van der Waals surface area contributed by atoms with E-state index < -0.39 is 8.07 Å². The van der Waals surface area contributed by atoms with Gasteiger partial charge in [-0.05, 0) is 0 Å². The van der Waals surface area contributed by atoms with Crippen LogP contribution < -0.4 is 0 Å². The Morgan fingerprint density at radius 3 is 2.69 bits per heavy atom. The second-order valence-corrected chi connectivity index (χ2v) is 12.0. The first-order valence-corrected chi connectivity index (χ1v) is 9.81. The van der Waals surface area contributed by atoms with Crippen molar-refractivity contribution in [1.82, 2.24) is 4.98 Å². The molecule has 0 radical (unpaired) electrons. The van der Waals surface area contributed by atoms with Crippen molar-refractivity contribution in [1.29, 1.82) is 0 Å². The van der Waals surface area contributed by atoms with Gasteiger partial charge in [0.1, 0.15) is 0 Å². The van der Waals surface area contributed by atoms with Gasteiger partial charge in [0.05, 0.1) is 0 Å². The van der Waals surface area contributed by atoms with Crippen LogP contribution in [-0.4, -0.2) is 30.8 Å². The molecule has 1 aromatic heterocycles. The van der Waals surface area contributed by atoms with Crippen molar-refractivity contribution in [2.75, 3.05) is 0 Å². The number of rotatable bonds is 1. The first-order valence-electron chi connectivity index (χ1n) is 6.31. The SMILES string of the molecule is [Li][C]1([Si](C)(C)C)CCCc2c(C)ccnc21. The number of aryl methyl sites for hydroxylation is 1. The van der Waals surface area contributed by atoms with Gasteiger partial charge in [0.25, 0.3) is 0 Å². The average molecular weight is 225 g/mol. The van der Waals surface area contributed by atoms with Crippen LogP contribution in [0.2, 0.25) is 19.6 Å². The Balaban J connectivity index is 2.61. The first-order chi connectivity index (χ1) is 7.36. The van der Waals surface area contributed by atoms with Gasteiger partial charge in [-0.3, -0.25) is 0 Å². The van der Waals surface area contributed by atoms with E-state index in [0.717, 1.165) is 0 Å². The van der Waals surface area contributed by atoms with Crippen LogP contribution >= 0.6 is 0 Å². The number of hydrogen-bond acceptors (Lipinski definition) is 1. The van der Waals surface area contributed by atoms with Gasteiger partial charge in [-0.25, -0.2) is 0 Å². The molecule has 1 aromatic rings. The first kappa shape index (κ1) is 12.4. The molecule has 1 aliphatic carbocycles. The summed E-state index contributed by atoms with van der Waals surface area (Å²) in [5.74, 6) is 0. The molecular formula is C13H20LiNSi. The number of pyridine rings is 1. The third-order valence-electron chi connectivity index (χ3n) is 4.57. The van der Waals surface area contributed by atoms with Crippen LogP contribution in [0.4, 0.5) is 0 Å². The molecule has 1 nitrogen and oxygen atoms in total. The van der Waals surface area contributed by atoms with E-state index in [4.69, 9.17) is 4.98 Å². The minimum atomic E-state index is -1.22. The molecule has 1 unspecified atom stereocenters. The van der Waals surface area contributed by atoms with Gasteiger partial charge in [-0.2, -0.15) is 0 Å². The molecule has 1 atom stereocenters. The fraction of sp³-hybridized carbons (Fsp3) is 0.615. The van der Waals surface area contributed by atoms with Crippen LogP contribution in [0.25, 0.3) is 0 Å². The summed E-state index contributed by atoms with van der Waals surface area (Å²) in [6.45, 7) is 9.67. The van der Waals surface area contributed by atoms with E-state index in [2.05, 4.69) is 50.3 Å². The molecule has 1 heterocycles. The van der Waals surface area contributed by atoms with Gasteiger partial charge >= 0.3 is 109 Å². The summed E-state index contributed by atoms with van der Waals surface area (Å²) in [5.41, 5.74) is 4.39. The molecule has 16 heavy (non-hydrogen) atoms. The number of aromatic nitrogens is 1. The summed E-state index contributed by atoms with van der Waals surface area (Å²) in [6, 6.07) is 2.16. The van der Waals surface area contributed by atoms with Crippen molar-refractivity contribution in [2.24, 2.45) is 0 Å². The van der Waals surface area contributed by atoms with Gasteiger partial charge in [0.15, 0.2) is 0 Å². The maximum absolute atomic E-state index is 4.73. The molecule has 2 rings (SSSR count). The Kier molecular flexibility index (Phi) is 3.12. The van der Waals surface area contributed by atoms with E-state index in [1.807, 2.05) is 6.20 Å². The molecule has 0 spiro atoms. The molecule has 0 N–H and O–H groups in total. The third kappa shape index (κ3) is 1.81. The molecule has 1 aliphatic rings. The number of fused-ring (bicyclic) bond motifs is 1. The fourth-order valence-corrected chi connectivity index (χ4v) is 4.70. The van der Waals surface area contributed by atoms with Gasteiger partial charge in [0, 0.05) is 0 Å². The van der Waals surface area contributed by atoms with Gasteiger partial charge in [-0.15, -0.1) is 0 Å². The van der Waals surface area contributed by atoms with Crippen LogP contribution in [0.15, 0.2) is 12.3 Å².